The maximum atomic E-state index is 6.09. The lowest BCUT2D eigenvalue weighted by Gasteiger charge is -2.06. The van der Waals surface area contributed by atoms with Crippen molar-refractivity contribution in [1.82, 2.24) is 24.3 Å². The molecule has 0 aliphatic rings. The van der Waals surface area contributed by atoms with E-state index in [9.17, 15) is 0 Å². The van der Waals surface area contributed by atoms with Gasteiger partial charge in [-0.15, -0.1) is 0 Å². The predicted molar refractivity (Wildman–Crippen MR) is 99.3 cm³/mol. The van der Waals surface area contributed by atoms with Crippen LogP contribution in [0.15, 0.2) is 42.9 Å². The minimum absolute atomic E-state index is 0.405. The number of rotatable bonds is 5. The normalized spacial score (nSPS) is 11.2. The Balaban J connectivity index is 1.91. The molecule has 0 fully saturated rings. The Morgan fingerprint density at radius 2 is 1.96 bits per heavy atom. The maximum absolute atomic E-state index is 6.09. The van der Waals surface area contributed by atoms with Crippen molar-refractivity contribution in [3.8, 4) is 11.3 Å². The van der Waals surface area contributed by atoms with Crippen LogP contribution in [0, 0.1) is 0 Å². The van der Waals surface area contributed by atoms with Gasteiger partial charge in [0.1, 0.15) is 5.65 Å². The van der Waals surface area contributed by atoms with Crippen LogP contribution in [0.1, 0.15) is 19.8 Å². The first-order chi connectivity index (χ1) is 12.3. The van der Waals surface area contributed by atoms with E-state index in [2.05, 4.69) is 27.2 Å². The largest absolute Gasteiger partial charge is 0.369 e. The van der Waals surface area contributed by atoms with E-state index in [-0.39, 0.29) is 0 Å². The van der Waals surface area contributed by atoms with Gasteiger partial charge in [0.2, 0.25) is 11.9 Å². The number of aromatic nitrogens is 5. The van der Waals surface area contributed by atoms with Crippen LogP contribution < -0.4 is 11.1 Å². The molecule has 7 nitrogen and oxygen atoms in total. The molecule has 0 atom stereocenters. The Hall–Kier alpha value is -3.22. The van der Waals surface area contributed by atoms with Crippen LogP contribution in [0.5, 0.6) is 0 Å². The molecule has 4 aromatic rings. The zero-order chi connectivity index (χ0) is 17.2. The number of hydrogen-bond donors (Lipinski definition) is 2. The first-order valence-electron chi connectivity index (χ1n) is 8.36. The summed E-state index contributed by atoms with van der Waals surface area (Å²) in [6, 6.07) is 7.77. The van der Waals surface area contributed by atoms with Crippen molar-refractivity contribution in [1.29, 1.82) is 0 Å². The molecule has 0 aliphatic carbocycles. The van der Waals surface area contributed by atoms with Gasteiger partial charge < -0.3 is 11.1 Å². The number of hydrogen-bond acceptors (Lipinski definition) is 6. The van der Waals surface area contributed by atoms with Gasteiger partial charge in [-0.25, -0.2) is 19.9 Å². The van der Waals surface area contributed by atoms with Crippen LogP contribution in [-0.2, 0) is 0 Å². The summed E-state index contributed by atoms with van der Waals surface area (Å²) in [4.78, 5) is 17.7. The fourth-order valence-corrected chi connectivity index (χ4v) is 3.00. The molecule has 4 heterocycles. The second-order valence-corrected chi connectivity index (χ2v) is 5.82. The fourth-order valence-electron chi connectivity index (χ4n) is 3.00. The molecule has 0 amide bonds. The number of nitrogens with two attached hydrogens (primary N) is 1. The summed E-state index contributed by atoms with van der Waals surface area (Å²) >= 11 is 0. The number of nitrogen functional groups attached to an aromatic ring is 1. The summed E-state index contributed by atoms with van der Waals surface area (Å²) in [5, 5.41) is 4.26. The molecule has 0 aromatic carbocycles. The van der Waals surface area contributed by atoms with Crippen LogP contribution >= 0.6 is 0 Å². The quantitative estimate of drug-likeness (QED) is 0.545. The molecular formula is C18H19N7. The first kappa shape index (κ1) is 15.3. The van der Waals surface area contributed by atoms with Crippen LogP contribution in [0.25, 0.3) is 27.8 Å². The molecule has 4 rings (SSSR count). The standard InChI is InChI=1S/C18H19N7/c1-2-3-8-22-18-23-10-6-13(24-18)15-12-5-4-9-20-16(12)25-14(15)7-11-21-17(25)19/h4-7,9-11H,2-3,8H2,1H3,(H2,19,21)(H,22,23,24). The molecule has 0 saturated carbocycles. The van der Waals surface area contributed by atoms with E-state index in [4.69, 9.17) is 10.7 Å². The Labute approximate surface area is 145 Å². The van der Waals surface area contributed by atoms with Crippen molar-refractivity contribution < 1.29 is 0 Å². The van der Waals surface area contributed by atoms with E-state index in [0.29, 0.717) is 11.9 Å². The van der Waals surface area contributed by atoms with Gasteiger partial charge in [-0.05, 0) is 30.7 Å². The molecule has 0 radical (unpaired) electrons. The summed E-state index contributed by atoms with van der Waals surface area (Å²) in [5.41, 5.74) is 9.61. The molecule has 4 aromatic heterocycles. The fraction of sp³-hybridized carbons (Fsp3) is 0.222. The Morgan fingerprint density at radius 1 is 1.08 bits per heavy atom. The van der Waals surface area contributed by atoms with E-state index >= 15 is 0 Å². The minimum Gasteiger partial charge on any atom is -0.369 e. The number of nitrogens with one attached hydrogen (secondary N) is 1. The minimum atomic E-state index is 0.405. The van der Waals surface area contributed by atoms with Gasteiger partial charge in [0.15, 0.2) is 0 Å². The first-order valence-corrected chi connectivity index (χ1v) is 8.36. The highest BCUT2D eigenvalue weighted by atomic mass is 15.1. The number of unbranched alkanes of at least 4 members (excludes halogenated alkanes) is 1. The SMILES string of the molecule is CCCCNc1nccc(-c2c3cccnc3n3c(N)nccc23)n1. The monoisotopic (exact) mass is 333 g/mol. The van der Waals surface area contributed by atoms with Crippen LogP contribution in [0.4, 0.5) is 11.9 Å². The lowest BCUT2D eigenvalue weighted by atomic mass is 10.1. The molecule has 0 saturated heterocycles. The van der Waals surface area contributed by atoms with Crippen molar-refractivity contribution in [3.05, 3.63) is 42.9 Å². The van der Waals surface area contributed by atoms with E-state index in [1.807, 2.05) is 28.7 Å². The molecule has 7 heteroatoms. The topological polar surface area (TPSA) is 94.0 Å². The van der Waals surface area contributed by atoms with E-state index in [0.717, 1.165) is 47.2 Å². The summed E-state index contributed by atoms with van der Waals surface area (Å²) in [7, 11) is 0. The van der Waals surface area contributed by atoms with Crippen molar-refractivity contribution >= 4 is 28.4 Å². The molecule has 3 N–H and O–H groups in total. The predicted octanol–water partition coefficient (Wildman–Crippen LogP) is 3.13. The number of nitrogens with zero attached hydrogens (tertiary/aromatic N) is 5. The smallest absolute Gasteiger partial charge is 0.223 e. The van der Waals surface area contributed by atoms with Crippen molar-refractivity contribution in [2.45, 2.75) is 19.8 Å². The summed E-state index contributed by atoms with van der Waals surface area (Å²) < 4.78 is 1.86. The summed E-state index contributed by atoms with van der Waals surface area (Å²) in [6.45, 7) is 3.01. The van der Waals surface area contributed by atoms with Gasteiger partial charge in [-0.1, -0.05) is 13.3 Å². The Morgan fingerprint density at radius 3 is 2.84 bits per heavy atom. The van der Waals surface area contributed by atoms with Gasteiger partial charge in [0, 0.05) is 36.1 Å². The number of pyridine rings is 1. The summed E-state index contributed by atoms with van der Waals surface area (Å²) in [5.74, 6) is 1.03. The zero-order valence-electron chi connectivity index (χ0n) is 14.0. The van der Waals surface area contributed by atoms with Crippen molar-refractivity contribution in [2.24, 2.45) is 0 Å². The molecule has 0 unspecified atom stereocenters. The third-order valence-corrected chi connectivity index (χ3v) is 4.16. The van der Waals surface area contributed by atoms with Gasteiger partial charge >= 0.3 is 0 Å². The lowest BCUT2D eigenvalue weighted by Crippen LogP contribution is -2.05. The van der Waals surface area contributed by atoms with E-state index in [1.165, 1.54) is 0 Å². The Kier molecular flexibility index (Phi) is 3.89. The molecule has 0 aliphatic heterocycles. The lowest BCUT2D eigenvalue weighted by molar-refractivity contribution is 0.826. The second kappa shape index (κ2) is 6.35. The second-order valence-electron chi connectivity index (χ2n) is 5.82. The highest BCUT2D eigenvalue weighted by Crippen LogP contribution is 2.34. The van der Waals surface area contributed by atoms with Gasteiger partial charge in [-0.3, -0.25) is 4.40 Å². The van der Waals surface area contributed by atoms with Crippen molar-refractivity contribution in [2.75, 3.05) is 17.6 Å². The van der Waals surface area contributed by atoms with Gasteiger partial charge in [0.25, 0.3) is 0 Å². The van der Waals surface area contributed by atoms with Crippen LogP contribution in [0.2, 0.25) is 0 Å². The van der Waals surface area contributed by atoms with E-state index in [1.54, 1.807) is 18.6 Å². The molecule has 25 heavy (non-hydrogen) atoms. The average Bonchev–Trinajstić information content (AvgIpc) is 2.98. The Bertz CT molecular complexity index is 1040. The maximum Gasteiger partial charge on any atom is 0.223 e. The third kappa shape index (κ3) is 2.63. The summed E-state index contributed by atoms with van der Waals surface area (Å²) in [6.07, 6.45) is 7.43. The molecule has 0 bridgehead atoms. The molecule has 0 spiro atoms. The van der Waals surface area contributed by atoms with Gasteiger partial charge in [0.05, 0.1) is 11.2 Å². The molecule has 126 valence electrons. The van der Waals surface area contributed by atoms with Crippen LogP contribution in [-0.4, -0.2) is 30.9 Å². The number of anilines is 2. The third-order valence-electron chi connectivity index (χ3n) is 4.16. The van der Waals surface area contributed by atoms with Crippen molar-refractivity contribution in [3.63, 3.8) is 0 Å². The van der Waals surface area contributed by atoms with E-state index < -0.39 is 0 Å². The molecular weight excluding hydrogens is 314 g/mol. The highest BCUT2D eigenvalue weighted by molar-refractivity contribution is 6.03. The van der Waals surface area contributed by atoms with Crippen LogP contribution in [0.3, 0.4) is 0 Å². The average molecular weight is 333 g/mol. The van der Waals surface area contributed by atoms with Gasteiger partial charge in [-0.2, -0.15) is 0 Å². The number of fused-ring (bicyclic) bond motifs is 3. The zero-order valence-corrected chi connectivity index (χ0v) is 14.0. The highest BCUT2D eigenvalue weighted by Gasteiger charge is 2.17.